The summed E-state index contributed by atoms with van der Waals surface area (Å²) in [6, 6.07) is 5.46. The topological polar surface area (TPSA) is 61.9 Å². The lowest BCUT2D eigenvalue weighted by molar-refractivity contribution is 0.255. The van der Waals surface area contributed by atoms with Gasteiger partial charge in [0.05, 0.1) is 5.69 Å². The maximum absolute atomic E-state index is 12.0. The van der Waals surface area contributed by atoms with Crippen LogP contribution in [0, 0.1) is 13.8 Å². The number of nitrogens with zero attached hydrogens (tertiary/aromatic N) is 3. The molecule has 5 nitrogen and oxygen atoms in total. The number of hydrogen-bond acceptors (Lipinski definition) is 2. The van der Waals surface area contributed by atoms with Gasteiger partial charge in [-0.2, -0.15) is 0 Å². The van der Waals surface area contributed by atoms with Crippen LogP contribution in [0.25, 0.3) is 0 Å². The van der Waals surface area contributed by atoms with Gasteiger partial charge in [-0.25, -0.2) is 14.7 Å². The number of rotatable bonds is 3. The summed E-state index contributed by atoms with van der Waals surface area (Å²) in [5, 5.41) is 0. The van der Waals surface area contributed by atoms with Gasteiger partial charge in [-0.1, -0.05) is 17.7 Å². The van der Waals surface area contributed by atoms with Gasteiger partial charge in [0.2, 0.25) is 5.96 Å². The number of amides is 2. The minimum atomic E-state index is -0.526. The molecule has 0 atom stereocenters. The van der Waals surface area contributed by atoms with Crippen LogP contribution in [-0.4, -0.2) is 36.5 Å². The molecule has 22 heavy (non-hydrogen) atoms. The number of nitrogens with two attached hydrogens (primary N) is 1. The number of urea groups is 1. The standard InChI is InChI=1S/C16H26N4O.ClH/c1-7-19(6)16(18-11(2)3)20(15(17)21)14-9-8-12(4)10-13(14)5;/h8-11H,7H2,1-6H3,(H2,17,21);1H. The molecule has 1 aromatic carbocycles. The molecular weight excluding hydrogens is 300 g/mol. The van der Waals surface area contributed by atoms with Crippen LogP contribution in [0.1, 0.15) is 31.9 Å². The Kier molecular flexibility index (Phi) is 7.95. The molecule has 124 valence electrons. The van der Waals surface area contributed by atoms with Crippen molar-refractivity contribution in [2.75, 3.05) is 18.5 Å². The van der Waals surface area contributed by atoms with E-state index in [1.807, 2.05) is 64.8 Å². The Morgan fingerprint density at radius 2 is 1.91 bits per heavy atom. The minimum Gasteiger partial charge on any atom is -0.351 e. The highest BCUT2D eigenvalue weighted by atomic mass is 35.5. The van der Waals surface area contributed by atoms with E-state index in [4.69, 9.17) is 5.73 Å². The number of aliphatic imine (C=N–C) groups is 1. The SMILES string of the molecule is CCN(C)C(=NC(C)C)N(C(N)=O)c1ccc(C)cc1C.Cl. The van der Waals surface area contributed by atoms with E-state index in [0.29, 0.717) is 5.96 Å². The van der Waals surface area contributed by atoms with Crippen LogP contribution in [0.15, 0.2) is 23.2 Å². The summed E-state index contributed by atoms with van der Waals surface area (Å²) < 4.78 is 0. The molecule has 2 amide bonds. The molecule has 2 N–H and O–H groups in total. The summed E-state index contributed by atoms with van der Waals surface area (Å²) in [4.78, 5) is 20.0. The zero-order chi connectivity index (χ0) is 16.2. The smallest absolute Gasteiger partial charge is 0.326 e. The Hall–Kier alpha value is -1.75. The molecule has 0 spiro atoms. The quantitative estimate of drug-likeness (QED) is 0.684. The zero-order valence-corrected chi connectivity index (χ0v) is 15.1. The molecule has 0 aliphatic rings. The van der Waals surface area contributed by atoms with Crippen molar-refractivity contribution < 1.29 is 4.79 Å². The van der Waals surface area contributed by atoms with Gasteiger partial charge in [0.1, 0.15) is 0 Å². The summed E-state index contributed by atoms with van der Waals surface area (Å²) in [5.74, 6) is 0.576. The third-order valence-corrected chi connectivity index (χ3v) is 3.20. The number of guanidine groups is 1. The van der Waals surface area contributed by atoms with Crippen molar-refractivity contribution in [2.45, 2.75) is 40.7 Å². The van der Waals surface area contributed by atoms with E-state index in [1.165, 1.54) is 4.90 Å². The summed E-state index contributed by atoms with van der Waals surface area (Å²) in [6.07, 6.45) is 0. The van der Waals surface area contributed by atoms with Crippen LogP contribution in [0.2, 0.25) is 0 Å². The molecule has 0 aliphatic carbocycles. The van der Waals surface area contributed by atoms with Gasteiger partial charge in [-0.15, -0.1) is 12.4 Å². The Morgan fingerprint density at radius 3 is 2.32 bits per heavy atom. The molecule has 1 aromatic rings. The van der Waals surface area contributed by atoms with Gasteiger partial charge in [0.25, 0.3) is 0 Å². The monoisotopic (exact) mass is 326 g/mol. The molecule has 0 heterocycles. The van der Waals surface area contributed by atoms with Crippen molar-refractivity contribution >= 4 is 30.1 Å². The molecule has 1 rings (SSSR count). The van der Waals surface area contributed by atoms with Crippen LogP contribution in [0.5, 0.6) is 0 Å². The van der Waals surface area contributed by atoms with Crippen LogP contribution in [0.3, 0.4) is 0 Å². The first-order valence-electron chi connectivity index (χ1n) is 7.23. The molecular formula is C16H27ClN4O. The molecule has 0 saturated carbocycles. The fourth-order valence-corrected chi connectivity index (χ4v) is 2.08. The van der Waals surface area contributed by atoms with E-state index in [0.717, 1.165) is 23.4 Å². The van der Waals surface area contributed by atoms with Crippen molar-refractivity contribution in [3.05, 3.63) is 29.3 Å². The van der Waals surface area contributed by atoms with Crippen molar-refractivity contribution in [2.24, 2.45) is 10.7 Å². The second-order valence-corrected chi connectivity index (χ2v) is 5.50. The minimum absolute atomic E-state index is 0. The van der Waals surface area contributed by atoms with Crippen molar-refractivity contribution in [1.82, 2.24) is 4.90 Å². The predicted octanol–water partition coefficient (Wildman–Crippen LogP) is 3.33. The first-order valence-corrected chi connectivity index (χ1v) is 7.23. The highest BCUT2D eigenvalue weighted by Crippen LogP contribution is 2.22. The Labute approximate surface area is 139 Å². The number of halogens is 1. The van der Waals surface area contributed by atoms with Crippen LogP contribution in [0.4, 0.5) is 10.5 Å². The van der Waals surface area contributed by atoms with E-state index in [9.17, 15) is 4.79 Å². The summed E-state index contributed by atoms with van der Waals surface area (Å²) in [7, 11) is 1.90. The Balaban J connectivity index is 0.00000441. The van der Waals surface area contributed by atoms with Crippen molar-refractivity contribution in [1.29, 1.82) is 0 Å². The number of hydrogen-bond donors (Lipinski definition) is 1. The number of primary amides is 1. The van der Waals surface area contributed by atoms with Crippen LogP contribution >= 0.6 is 12.4 Å². The van der Waals surface area contributed by atoms with E-state index < -0.39 is 6.03 Å². The number of carbonyl (C=O) groups is 1. The lowest BCUT2D eigenvalue weighted by atomic mass is 10.1. The fraction of sp³-hybridized carbons (Fsp3) is 0.500. The third kappa shape index (κ3) is 4.91. The van der Waals surface area contributed by atoms with Gasteiger partial charge in [-0.3, -0.25) is 0 Å². The molecule has 0 aliphatic heterocycles. The molecule has 0 fully saturated rings. The number of anilines is 1. The summed E-state index contributed by atoms with van der Waals surface area (Å²) in [6.45, 7) is 10.7. The predicted molar refractivity (Wildman–Crippen MR) is 96.1 cm³/mol. The second kappa shape index (κ2) is 8.63. The van der Waals surface area contributed by atoms with Gasteiger partial charge in [-0.05, 0) is 46.2 Å². The number of carbonyl (C=O) groups excluding carboxylic acids is 1. The van der Waals surface area contributed by atoms with E-state index in [-0.39, 0.29) is 18.4 Å². The molecule has 0 radical (unpaired) electrons. The van der Waals surface area contributed by atoms with Crippen LogP contribution < -0.4 is 10.6 Å². The average molecular weight is 327 g/mol. The van der Waals surface area contributed by atoms with Gasteiger partial charge in [0.15, 0.2) is 0 Å². The lowest BCUT2D eigenvalue weighted by Gasteiger charge is -2.30. The lowest BCUT2D eigenvalue weighted by Crippen LogP contribution is -2.49. The molecule has 0 unspecified atom stereocenters. The second-order valence-electron chi connectivity index (χ2n) is 5.50. The number of aryl methyl sites for hydroxylation is 2. The van der Waals surface area contributed by atoms with E-state index in [2.05, 4.69) is 4.99 Å². The van der Waals surface area contributed by atoms with Gasteiger partial charge >= 0.3 is 6.03 Å². The van der Waals surface area contributed by atoms with Gasteiger partial charge < -0.3 is 10.6 Å². The molecule has 0 bridgehead atoms. The fourth-order valence-electron chi connectivity index (χ4n) is 2.08. The molecule has 0 aromatic heterocycles. The highest BCUT2D eigenvalue weighted by Gasteiger charge is 2.23. The largest absolute Gasteiger partial charge is 0.351 e. The van der Waals surface area contributed by atoms with E-state index >= 15 is 0 Å². The molecule has 6 heteroatoms. The zero-order valence-electron chi connectivity index (χ0n) is 14.3. The maximum atomic E-state index is 12.0. The van der Waals surface area contributed by atoms with Crippen molar-refractivity contribution in [3.8, 4) is 0 Å². The maximum Gasteiger partial charge on any atom is 0.326 e. The summed E-state index contributed by atoms with van der Waals surface area (Å²) >= 11 is 0. The average Bonchev–Trinajstić information content (AvgIpc) is 2.38. The first kappa shape index (κ1) is 20.2. The summed E-state index contributed by atoms with van der Waals surface area (Å²) in [5.41, 5.74) is 8.54. The first-order chi connectivity index (χ1) is 9.77. The van der Waals surface area contributed by atoms with Crippen molar-refractivity contribution in [3.63, 3.8) is 0 Å². The Morgan fingerprint density at radius 1 is 1.32 bits per heavy atom. The Bertz CT molecular complexity index is 543. The van der Waals surface area contributed by atoms with Crippen LogP contribution in [-0.2, 0) is 0 Å². The van der Waals surface area contributed by atoms with Gasteiger partial charge in [0, 0.05) is 19.6 Å². The normalized spacial score (nSPS) is 11.1. The highest BCUT2D eigenvalue weighted by molar-refractivity contribution is 6.15. The van der Waals surface area contributed by atoms with E-state index in [1.54, 1.807) is 0 Å². The third-order valence-electron chi connectivity index (χ3n) is 3.20. The number of benzene rings is 1. The molecule has 0 saturated heterocycles.